The zero-order valence-corrected chi connectivity index (χ0v) is 19.5. The lowest BCUT2D eigenvalue weighted by Gasteiger charge is -2.23. The molecule has 2 N–H and O–H groups in total. The molecule has 5 rings (SSSR count). The molecule has 35 heavy (non-hydrogen) atoms. The first-order chi connectivity index (χ1) is 16.7. The van der Waals surface area contributed by atoms with Gasteiger partial charge in [0.1, 0.15) is 11.5 Å². The van der Waals surface area contributed by atoms with Crippen molar-refractivity contribution in [3.05, 3.63) is 98.5 Å². The molecule has 0 spiro atoms. The standard InChI is InChI=1S/C26H24FN5O3/c1-14-10-19(16(3)28-20-8-9-21(27)29-22(20)26(34)35)24-30-23(15(2)25(33)32(24)11-14)31-12-17-6-4-5-7-18(17)13-31/h4-11,16,28H,12-13H2,1-3H3,(H,34,35)/t16-/m1/s1. The highest BCUT2D eigenvalue weighted by Crippen LogP contribution is 2.30. The van der Waals surface area contributed by atoms with Crippen molar-refractivity contribution in [1.29, 1.82) is 0 Å². The Morgan fingerprint density at radius 1 is 1.11 bits per heavy atom. The van der Waals surface area contributed by atoms with E-state index in [9.17, 15) is 19.1 Å². The third-order valence-corrected chi connectivity index (χ3v) is 6.33. The molecule has 0 aliphatic carbocycles. The van der Waals surface area contributed by atoms with Gasteiger partial charge >= 0.3 is 5.97 Å². The summed E-state index contributed by atoms with van der Waals surface area (Å²) in [4.78, 5) is 35.5. The number of carboxylic acid groups (broad SMARTS) is 1. The van der Waals surface area contributed by atoms with Crippen LogP contribution in [-0.4, -0.2) is 25.4 Å². The fourth-order valence-corrected chi connectivity index (χ4v) is 4.62. The highest BCUT2D eigenvalue weighted by atomic mass is 19.1. The average molecular weight is 474 g/mol. The van der Waals surface area contributed by atoms with Crippen LogP contribution in [0.2, 0.25) is 0 Å². The van der Waals surface area contributed by atoms with Crippen molar-refractivity contribution in [2.45, 2.75) is 39.9 Å². The number of rotatable bonds is 5. The maximum absolute atomic E-state index is 13.5. The maximum atomic E-state index is 13.5. The molecule has 3 aromatic heterocycles. The minimum Gasteiger partial charge on any atom is -0.476 e. The SMILES string of the molecule is Cc1cc([C@@H](C)Nc2ccc(F)nc2C(=O)O)c2nc(N3Cc4ccccc4C3)c(C)c(=O)n2c1. The molecule has 0 bridgehead atoms. The fraction of sp³-hybridized carbons (Fsp3) is 0.231. The third-order valence-electron chi connectivity index (χ3n) is 6.33. The number of fused-ring (bicyclic) bond motifs is 2. The summed E-state index contributed by atoms with van der Waals surface area (Å²) in [5.41, 5.74) is 4.61. The monoisotopic (exact) mass is 473 g/mol. The number of nitrogens with zero attached hydrogens (tertiary/aromatic N) is 4. The highest BCUT2D eigenvalue weighted by Gasteiger charge is 2.25. The van der Waals surface area contributed by atoms with Gasteiger partial charge in [0.15, 0.2) is 5.69 Å². The molecule has 1 aromatic carbocycles. The van der Waals surface area contributed by atoms with Crippen LogP contribution in [0.5, 0.6) is 0 Å². The van der Waals surface area contributed by atoms with E-state index in [1.54, 1.807) is 13.1 Å². The zero-order chi connectivity index (χ0) is 24.9. The van der Waals surface area contributed by atoms with Crippen LogP contribution in [0, 0.1) is 19.8 Å². The van der Waals surface area contributed by atoms with Gasteiger partial charge in [-0.25, -0.2) is 14.8 Å². The largest absolute Gasteiger partial charge is 0.476 e. The molecule has 0 radical (unpaired) electrons. The van der Waals surface area contributed by atoms with E-state index in [-0.39, 0.29) is 11.2 Å². The number of hydrogen-bond donors (Lipinski definition) is 2. The lowest BCUT2D eigenvalue weighted by atomic mass is 10.1. The Bertz CT molecular complexity index is 1520. The first-order valence-corrected chi connectivity index (χ1v) is 11.2. The normalized spacial score (nSPS) is 13.7. The predicted octanol–water partition coefficient (Wildman–Crippen LogP) is 4.24. The number of anilines is 2. The number of carbonyl (C=O) groups is 1. The van der Waals surface area contributed by atoms with Crippen molar-refractivity contribution < 1.29 is 14.3 Å². The topological polar surface area (TPSA) is 99.8 Å². The number of aromatic nitrogens is 3. The molecule has 9 heteroatoms. The quantitative estimate of drug-likeness (QED) is 0.418. The molecule has 4 heterocycles. The Balaban J connectivity index is 1.60. The van der Waals surface area contributed by atoms with E-state index in [1.807, 2.05) is 32.0 Å². The van der Waals surface area contributed by atoms with Crippen LogP contribution in [-0.2, 0) is 13.1 Å². The van der Waals surface area contributed by atoms with E-state index in [0.29, 0.717) is 35.7 Å². The molecule has 178 valence electrons. The molecular weight excluding hydrogens is 449 g/mol. The minimum atomic E-state index is -1.34. The molecular formula is C26H24FN5O3. The second-order valence-electron chi connectivity index (χ2n) is 8.86. The van der Waals surface area contributed by atoms with Crippen LogP contribution < -0.4 is 15.8 Å². The first-order valence-electron chi connectivity index (χ1n) is 11.2. The summed E-state index contributed by atoms with van der Waals surface area (Å²) in [5, 5.41) is 12.6. The Morgan fingerprint density at radius 2 is 1.80 bits per heavy atom. The van der Waals surface area contributed by atoms with E-state index in [0.717, 1.165) is 11.6 Å². The summed E-state index contributed by atoms with van der Waals surface area (Å²) in [6.07, 6.45) is 1.75. The van der Waals surface area contributed by atoms with Gasteiger partial charge < -0.3 is 15.3 Å². The second-order valence-corrected chi connectivity index (χ2v) is 8.86. The first kappa shape index (κ1) is 22.5. The van der Waals surface area contributed by atoms with E-state index in [4.69, 9.17) is 4.98 Å². The van der Waals surface area contributed by atoms with Gasteiger partial charge in [-0.3, -0.25) is 9.20 Å². The van der Waals surface area contributed by atoms with Gasteiger partial charge in [0, 0.05) is 24.8 Å². The van der Waals surface area contributed by atoms with E-state index >= 15 is 0 Å². The molecule has 0 unspecified atom stereocenters. The van der Waals surface area contributed by atoms with Gasteiger partial charge in [-0.2, -0.15) is 4.39 Å². The molecule has 0 fully saturated rings. The number of nitrogens with one attached hydrogen (secondary N) is 1. The maximum Gasteiger partial charge on any atom is 0.356 e. The van der Waals surface area contributed by atoms with E-state index in [2.05, 4.69) is 27.3 Å². The number of hydrogen-bond acceptors (Lipinski definition) is 6. The smallest absolute Gasteiger partial charge is 0.356 e. The molecule has 4 aromatic rings. The van der Waals surface area contributed by atoms with E-state index in [1.165, 1.54) is 21.6 Å². The van der Waals surface area contributed by atoms with E-state index < -0.39 is 23.7 Å². The molecule has 0 amide bonds. The van der Waals surface area contributed by atoms with Gasteiger partial charge in [-0.15, -0.1) is 0 Å². The number of halogens is 1. The van der Waals surface area contributed by atoms with Crippen molar-refractivity contribution in [2.75, 3.05) is 10.2 Å². The second kappa shape index (κ2) is 8.50. The summed E-state index contributed by atoms with van der Waals surface area (Å²) in [7, 11) is 0. The van der Waals surface area contributed by atoms with Crippen molar-refractivity contribution >= 4 is 23.1 Å². The van der Waals surface area contributed by atoms with Gasteiger partial charge in [0.25, 0.3) is 5.56 Å². The third kappa shape index (κ3) is 3.99. The lowest BCUT2D eigenvalue weighted by molar-refractivity contribution is 0.0690. The molecule has 1 atom stereocenters. The Kier molecular flexibility index (Phi) is 5.47. The number of aryl methyl sites for hydroxylation is 1. The fourth-order valence-electron chi connectivity index (χ4n) is 4.62. The molecule has 0 saturated heterocycles. The van der Waals surface area contributed by atoms with Crippen molar-refractivity contribution in [3.8, 4) is 0 Å². The minimum absolute atomic E-state index is 0.159. The van der Waals surface area contributed by atoms with Gasteiger partial charge in [0.05, 0.1) is 17.3 Å². The molecule has 8 nitrogen and oxygen atoms in total. The Hall–Kier alpha value is -4.27. The zero-order valence-electron chi connectivity index (χ0n) is 19.5. The highest BCUT2D eigenvalue weighted by molar-refractivity contribution is 5.92. The van der Waals surface area contributed by atoms with Gasteiger partial charge in [-0.05, 0) is 55.7 Å². The summed E-state index contributed by atoms with van der Waals surface area (Å²) < 4.78 is 15.1. The lowest BCUT2D eigenvalue weighted by Crippen LogP contribution is -2.27. The summed E-state index contributed by atoms with van der Waals surface area (Å²) in [5.74, 6) is -1.59. The summed E-state index contributed by atoms with van der Waals surface area (Å²) in [6.45, 7) is 6.83. The summed E-state index contributed by atoms with van der Waals surface area (Å²) >= 11 is 0. The van der Waals surface area contributed by atoms with Crippen LogP contribution in [0.15, 0.2) is 53.5 Å². The Morgan fingerprint density at radius 3 is 2.46 bits per heavy atom. The number of pyridine rings is 2. The van der Waals surface area contributed by atoms with Crippen LogP contribution in [0.3, 0.4) is 0 Å². The van der Waals surface area contributed by atoms with Crippen molar-refractivity contribution in [2.24, 2.45) is 0 Å². The number of carboxylic acids is 1. The van der Waals surface area contributed by atoms with Crippen LogP contribution >= 0.6 is 0 Å². The number of aromatic carboxylic acids is 1. The van der Waals surface area contributed by atoms with Gasteiger partial charge in [0.2, 0.25) is 5.95 Å². The van der Waals surface area contributed by atoms with Crippen molar-refractivity contribution in [3.63, 3.8) is 0 Å². The molecule has 1 aliphatic rings. The van der Waals surface area contributed by atoms with Crippen LogP contribution in [0.4, 0.5) is 15.9 Å². The Labute approximate surface area is 200 Å². The summed E-state index contributed by atoms with van der Waals surface area (Å²) in [6, 6.07) is 12.1. The molecule has 1 aliphatic heterocycles. The van der Waals surface area contributed by atoms with Crippen molar-refractivity contribution in [1.82, 2.24) is 14.4 Å². The van der Waals surface area contributed by atoms with Gasteiger partial charge in [-0.1, -0.05) is 24.3 Å². The van der Waals surface area contributed by atoms with Crippen LogP contribution in [0.1, 0.15) is 51.3 Å². The average Bonchev–Trinajstić information content (AvgIpc) is 3.26. The predicted molar refractivity (Wildman–Crippen MR) is 130 cm³/mol. The molecule has 0 saturated carbocycles. The van der Waals surface area contributed by atoms with Crippen LogP contribution in [0.25, 0.3) is 5.65 Å². The number of benzene rings is 1.